The molecule has 5 heterocycles. The molecule has 1 amide bonds. The molecule has 2 atom stereocenters. The lowest BCUT2D eigenvalue weighted by atomic mass is 9.64. The van der Waals surface area contributed by atoms with Crippen LogP contribution in [0.3, 0.4) is 0 Å². The Morgan fingerprint density at radius 1 is 1.09 bits per heavy atom. The van der Waals surface area contributed by atoms with Gasteiger partial charge in [0.05, 0.1) is 18.4 Å². The number of hydrogen-bond donors (Lipinski definition) is 1. The van der Waals surface area contributed by atoms with Gasteiger partial charge < -0.3 is 10.2 Å². The van der Waals surface area contributed by atoms with Gasteiger partial charge in [0, 0.05) is 29.9 Å². The molecule has 3 aliphatic rings. The summed E-state index contributed by atoms with van der Waals surface area (Å²) in [5, 5.41) is 14.3. The highest BCUT2D eigenvalue weighted by Gasteiger charge is 2.51. The molecule has 8 heteroatoms. The fraction of sp³-hybridized carbons (Fsp3) is 0.346. The molecule has 3 aromatic heterocycles. The second kappa shape index (κ2) is 8.20. The molecule has 7 rings (SSSR count). The zero-order valence-electron chi connectivity index (χ0n) is 19.3. The van der Waals surface area contributed by atoms with Gasteiger partial charge in [0.1, 0.15) is 11.5 Å². The average Bonchev–Trinajstić information content (AvgIpc) is 3.36. The molecule has 172 valence electrons. The van der Waals surface area contributed by atoms with Crippen molar-refractivity contribution < 1.29 is 4.79 Å². The number of nitrogens with one attached hydrogen (secondary N) is 1. The molecule has 2 saturated heterocycles. The number of carbonyl (C=O) groups is 1. The van der Waals surface area contributed by atoms with Crippen molar-refractivity contribution in [2.45, 2.75) is 38.8 Å². The molecule has 0 radical (unpaired) electrons. The van der Waals surface area contributed by atoms with Gasteiger partial charge in [0.25, 0.3) is 5.91 Å². The van der Waals surface area contributed by atoms with E-state index in [1.807, 2.05) is 37.4 Å². The van der Waals surface area contributed by atoms with Crippen LogP contribution >= 0.6 is 0 Å². The molecule has 1 N–H and O–H groups in total. The number of hydrogen-bond acceptors (Lipinski definition) is 6. The first-order valence-corrected chi connectivity index (χ1v) is 11.8. The molecule has 4 aromatic rings. The van der Waals surface area contributed by atoms with E-state index in [0.717, 1.165) is 35.1 Å². The lowest BCUT2D eigenvalue weighted by Gasteiger charge is -2.57. The summed E-state index contributed by atoms with van der Waals surface area (Å²) >= 11 is 0. The molecule has 1 aromatic carbocycles. The number of pyridine rings is 2. The van der Waals surface area contributed by atoms with Crippen molar-refractivity contribution in [1.82, 2.24) is 29.9 Å². The molecule has 2 unspecified atom stereocenters. The van der Waals surface area contributed by atoms with Gasteiger partial charge in [-0.2, -0.15) is 10.2 Å². The summed E-state index contributed by atoms with van der Waals surface area (Å²) in [4.78, 5) is 26.8. The van der Waals surface area contributed by atoms with Crippen molar-refractivity contribution in [3.05, 3.63) is 72.4 Å². The van der Waals surface area contributed by atoms with Crippen molar-refractivity contribution >= 4 is 22.5 Å². The number of fused-ring (bicyclic) bond motifs is 3. The van der Waals surface area contributed by atoms with Gasteiger partial charge in [-0.05, 0) is 55.2 Å². The third-order valence-electron chi connectivity index (χ3n) is 7.46. The van der Waals surface area contributed by atoms with E-state index >= 15 is 0 Å². The Balaban J connectivity index is 1.30. The molecule has 3 fully saturated rings. The van der Waals surface area contributed by atoms with E-state index < -0.39 is 0 Å². The third-order valence-corrected chi connectivity index (χ3v) is 7.46. The minimum Gasteiger partial charge on any atom is -0.368 e. The molecule has 34 heavy (non-hydrogen) atoms. The molecule has 8 nitrogen and oxygen atoms in total. The van der Waals surface area contributed by atoms with Crippen LogP contribution in [0.25, 0.3) is 16.5 Å². The quantitative estimate of drug-likeness (QED) is 0.494. The van der Waals surface area contributed by atoms with Crippen LogP contribution in [-0.4, -0.2) is 54.4 Å². The average molecular weight is 454 g/mol. The summed E-state index contributed by atoms with van der Waals surface area (Å²) in [5.41, 5.74) is 1.81. The van der Waals surface area contributed by atoms with Crippen LogP contribution < -0.4 is 5.32 Å². The van der Waals surface area contributed by atoms with Crippen molar-refractivity contribution in [1.29, 1.82) is 0 Å². The molecular formula is C26H27N7O. The number of carbonyl (C=O) groups excluding carboxylic acids is 1. The Hall–Kier alpha value is -3.81. The van der Waals surface area contributed by atoms with Crippen LogP contribution in [0.1, 0.15) is 35.9 Å². The molecule has 0 spiro atoms. The van der Waals surface area contributed by atoms with Crippen LogP contribution in [0.4, 0.5) is 5.82 Å². The first-order chi connectivity index (χ1) is 16.6. The first kappa shape index (κ1) is 20.8. The maximum atomic E-state index is 14.0. The van der Waals surface area contributed by atoms with Crippen LogP contribution in [0.15, 0.2) is 61.1 Å². The minimum atomic E-state index is -0.0516. The highest BCUT2D eigenvalue weighted by Crippen LogP contribution is 2.47. The summed E-state index contributed by atoms with van der Waals surface area (Å²) < 4.78 is 0. The first-order valence-electron chi connectivity index (χ1n) is 11.8. The molecule has 2 aliphatic heterocycles. The van der Waals surface area contributed by atoms with Crippen LogP contribution in [0, 0.1) is 18.8 Å². The van der Waals surface area contributed by atoms with Gasteiger partial charge in [-0.15, -0.1) is 4.80 Å². The topological polar surface area (TPSA) is 88.8 Å². The molecular weight excluding hydrogens is 426 g/mol. The predicted molar refractivity (Wildman–Crippen MR) is 130 cm³/mol. The monoisotopic (exact) mass is 453 g/mol. The summed E-state index contributed by atoms with van der Waals surface area (Å²) in [7, 11) is 0. The molecule has 1 aliphatic carbocycles. The van der Waals surface area contributed by atoms with Crippen molar-refractivity contribution in [3.8, 4) is 5.69 Å². The Labute approximate surface area is 198 Å². The van der Waals surface area contributed by atoms with Crippen LogP contribution in [-0.2, 0) is 0 Å². The van der Waals surface area contributed by atoms with Crippen molar-refractivity contribution in [2.75, 3.05) is 11.9 Å². The zero-order chi connectivity index (χ0) is 23.2. The van der Waals surface area contributed by atoms with Crippen LogP contribution in [0.2, 0.25) is 0 Å². The summed E-state index contributed by atoms with van der Waals surface area (Å²) in [6.45, 7) is 4.81. The largest absolute Gasteiger partial charge is 0.368 e. The minimum absolute atomic E-state index is 0.0516. The number of nitrogens with zero attached hydrogens (tertiary/aromatic N) is 6. The highest BCUT2D eigenvalue weighted by molar-refractivity contribution is 5.96. The number of piperidine rings is 2. The lowest BCUT2D eigenvalue weighted by Crippen LogP contribution is -2.64. The number of aryl methyl sites for hydroxylation is 1. The van der Waals surface area contributed by atoms with Crippen LogP contribution in [0.5, 0.6) is 0 Å². The number of benzene rings is 1. The van der Waals surface area contributed by atoms with E-state index in [4.69, 9.17) is 0 Å². The normalized spacial score (nSPS) is 23.5. The third kappa shape index (κ3) is 3.50. The molecule has 2 bridgehead atoms. The van der Waals surface area contributed by atoms with Gasteiger partial charge >= 0.3 is 0 Å². The number of amides is 1. The van der Waals surface area contributed by atoms with E-state index in [2.05, 4.69) is 55.5 Å². The number of aromatic nitrogens is 5. The van der Waals surface area contributed by atoms with E-state index in [0.29, 0.717) is 29.8 Å². The van der Waals surface area contributed by atoms with Crippen molar-refractivity contribution in [2.24, 2.45) is 11.8 Å². The van der Waals surface area contributed by atoms with E-state index in [9.17, 15) is 4.79 Å². The second-order valence-corrected chi connectivity index (χ2v) is 9.46. The Kier molecular flexibility index (Phi) is 5.01. The van der Waals surface area contributed by atoms with E-state index in [1.165, 1.54) is 4.80 Å². The van der Waals surface area contributed by atoms with Gasteiger partial charge in [-0.3, -0.25) is 4.79 Å². The van der Waals surface area contributed by atoms with Gasteiger partial charge in [0.15, 0.2) is 5.69 Å². The predicted octanol–water partition coefficient (Wildman–Crippen LogP) is 3.87. The van der Waals surface area contributed by atoms with Gasteiger partial charge in [-0.1, -0.05) is 31.2 Å². The summed E-state index contributed by atoms with van der Waals surface area (Å²) in [6.07, 6.45) is 7.22. The fourth-order valence-corrected chi connectivity index (χ4v) is 5.45. The summed E-state index contributed by atoms with van der Waals surface area (Å²) in [6, 6.07) is 14.3. The zero-order valence-corrected chi connectivity index (χ0v) is 19.3. The highest BCUT2D eigenvalue weighted by atomic mass is 16.2. The summed E-state index contributed by atoms with van der Waals surface area (Å²) in [5.74, 6) is 1.82. The smallest absolute Gasteiger partial charge is 0.275 e. The van der Waals surface area contributed by atoms with Gasteiger partial charge in [0.2, 0.25) is 0 Å². The van der Waals surface area contributed by atoms with Crippen molar-refractivity contribution in [3.63, 3.8) is 0 Å². The Bertz CT molecular complexity index is 1350. The number of anilines is 1. The van der Waals surface area contributed by atoms with E-state index in [1.54, 1.807) is 12.4 Å². The second-order valence-electron chi connectivity index (χ2n) is 9.46. The maximum absolute atomic E-state index is 14.0. The Morgan fingerprint density at radius 2 is 1.85 bits per heavy atom. The maximum Gasteiger partial charge on any atom is 0.275 e. The SMILES string of the molecule is Cc1ccc(-n2nccn2)c(C(=O)N2C3CC(C3)C(C)C2CNc2cc3ccccc3cn2)n1. The number of rotatable bonds is 5. The molecule has 1 saturated carbocycles. The standard InChI is InChI=1S/C26H27N7O/c1-16-7-8-22(33-29-9-10-30-33)25(31-16)26(34)32-21-11-20(12-21)17(2)23(32)15-28-24-13-18-5-3-4-6-19(18)14-27-24/h3-10,13-14,17,20-21,23H,11-12,15H2,1-2H3,(H,27,28). The lowest BCUT2D eigenvalue weighted by molar-refractivity contribution is -0.0505. The Morgan fingerprint density at radius 3 is 2.65 bits per heavy atom. The van der Waals surface area contributed by atoms with Gasteiger partial charge in [-0.25, -0.2) is 9.97 Å². The fourth-order valence-electron chi connectivity index (χ4n) is 5.45. The van der Waals surface area contributed by atoms with E-state index in [-0.39, 0.29) is 18.0 Å².